The first-order chi connectivity index (χ1) is 11.7. The van der Waals surface area contributed by atoms with Gasteiger partial charge in [-0.05, 0) is 80.2 Å². The molecule has 1 amide bonds. The van der Waals surface area contributed by atoms with Crippen LogP contribution in [-0.4, -0.2) is 22.9 Å². The summed E-state index contributed by atoms with van der Waals surface area (Å²) in [5, 5.41) is 0. The number of amides is 1. The predicted molar refractivity (Wildman–Crippen MR) is 93.6 cm³/mol. The third kappa shape index (κ3) is 1.75. The van der Waals surface area contributed by atoms with Crippen LogP contribution in [0.3, 0.4) is 0 Å². The van der Waals surface area contributed by atoms with Gasteiger partial charge in [0.2, 0.25) is 5.91 Å². The molecule has 0 unspecified atom stereocenters. The maximum absolute atomic E-state index is 13.4. The Kier molecular flexibility index (Phi) is 2.70. The number of rotatable bonds is 1. The summed E-state index contributed by atoms with van der Waals surface area (Å²) in [5.74, 6) is 4.00. The van der Waals surface area contributed by atoms with Crippen LogP contribution in [-0.2, 0) is 11.2 Å². The van der Waals surface area contributed by atoms with Crippen molar-refractivity contribution in [1.82, 2.24) is 4.90 Å². The fourth-order valence-corrected chi connectivity index (χ4v) is 7.68. The van der Waals surface area contributed by atoms with Gasteiger partial charge in [0.1, 0.15) is 0 Å². The molecule has 1 saturated heterocycles. The molecular weight excluding hydrogens is 294 g/mol. The number of carbonyl (C=O) groups is 1. The van der Waals surface area contributed by atoms with E-state index < -0.39 is 0 Å². The molecule has 2 heteroatoms. The van der Waals surface area contributed by atoms with Gasteiger partial charge in [-0.2, -0.15) is 0 Å². The number of likely N-dealkylation sites (tertiary alicyclic amines) is 1. The molecule has 7 rings (SSSR count). The molecule has 126 valence electrons. The summed E-state index contributed by atoms with van der Waals surface area (Å²) in [6.45, 7) is 1.01. The molecular formula is C22H27NO. The van der Waals surface area contributed by atoms with Crippen LogP contribution in [0.1, 0.15) is 62.0 Å². The molecule has 5 aliphatic carbocycles. The van der Waals surface area contributed by atoms with E-state index >= 15 is 0 Å². The van der Waals surface area contributed by atoms with Gasteiger partial charge in [0, 0.05) is 23.9 Å². The second-order valence-corrected chi connectivity index (χ2v) is 9.54. The van der Waals surface area contributed by atoms with Crippen LogP contribution < -0.4 is 0 Å². The molecule has 24 heavy (non-hydrogen) atoms. The maximum Gasteiger partial charge on any atom is 0.226 e. The van der Waals surface area contributed by atoms with Crippen molar-refractivity contribution in [3.05, 3.63) is 35.4 Å². The van der Waals surface area contributed by atoms with E-state index in [4.69, 9.17) is 0 Å². The lowest BCUT2D eigenvalue weighted by Gasteiger charge is -2.60. The zero-order valence-corrected chi connectivity index (χ0v) is 14.4. The van der Waals surface area contributed by atoms with Gasteiger partial charge in [0.25, 0.3) is 0 Å². The average molecular weight is 321 g/mol. The Labute approximate surface area is 144 Å². The van der Waals surface area contributed by atoms with E-state index in [1.165, 1.54) is 49.7 Å². The zero-order chi connectivity index (χ0) is 15.9. The Morgan fingerprint density at radius 1 is 0.917 bits per heavy atom. The highest BCUT2D eigenvalue weighted by Gasteiger charge is 2.58. The van der Waals surface area contributed by atoms with Gasteiger partial charge in [0.05, 0.1) is 0 Å². The summed E-state index contributed by atoms with van der Waals surface area (Å²) in [6.07, 6.45) is 10.5. The minimum atomic E-state index is 0.248. The quantitative estimate of drug-likeness (QED) is 0.761. The third-order valence-corrected chi connectivity index (χ3v) is 8.21. The summed E-state index contributed by atoms with van der Waals surface area (Å²) in [6, 6.07) is 8.90. The molecule has 0 radical (unpaired) electrons. The average Bonchev–Trinajstić information content (AvgIpc) is 2.92. The Balaban J connectivity index is 1.37. The summed E-state index contributed by atoms with van der Waals surface area (Å²) in [5.41, 5.74) is 3.23. The molecule has 4 bridgehead atoms. The monoisotopic (exact) mass is 321 g/mol. The molecule has 0 N–H and O–H groups in total. The first-order valence-electron chi connectivity index (χ1n) is 10.1. The van der Waals surface area contributed by atoms with Gasteiger partial charge < -0.3 is 4.90 Å². The summed E-state index contributed by atoms with van der Waals surface area (Å²) in [7, 11) is 0. The molecule has 0 spiro atoms. The molecule has 1 aromatic carbocycles. The van der Waals surface area contributed by atoms with Crippen molar-refractivity contribution >= 4 is 5.91 Å². The molecule has 2 nitrogen and oxygen atoms in total. The van der Waals surface area contributed by atoms with Crippen molar-refractivity contribution in [2.45, 2.75) is 62.8 Å². The Morgan fingerprint density at radius 2 is 1.58 bits per heavy atom. The first-order valence-corrected chi connectivity index (χ1v) is 10.1. The molecule has 6 aliphatic rings. The number of hydrogen-bond acceptors (Lipinski definition) is 1. The Bertz CT molecular complexity index is 672. The van der Waals surface area contributed by atoms with Crippen LogP contribution in [0.25, 0.3) is 0 Å². The van der Waals surface area contributed by atoms with E-state index in [-0.39, 0.29) is 11.5 Å². The molecule has 1 heterocycles. The normalized spacial score (nSPS) is 45.4. The standard InChI is InChI=1S/C22H27NO/c24-21-19-6-5-17-3-1-2-4-18(17)20(19)13-23(21)22-10-14-7-15(11-22)9-16(8-14)12-22/h1-4,14-16,19-20H,5-13H2/t14?,15?,16?,19-,20-,22?/m0/s1. The SMILES string of the molecule is O=C1[C@H]2CCc3ccccc3[C@@H]2CN1C12CC3CC(CC(C3)C1)C2. The highest BCUT2D eigenvalue weighted by molar-refractivity contribution is 5.84. The van der Waals surface area contributed by atoms with Crippen LogP contribution in [0.4, 0.5) is 0 Å². The van der Waals surface area contributed by atoms with E-state index in [0.29, 0.717) is 11.8 Å². The first kappa shape index (κ1) is 13.9. The van der Waals surface area contributed by atoms with E-state index in [9.17, 15) is 4.79 Å². The molecule has 5 fully saturated rings. The van der Waals surface area contributed by atoms with Crippen LogP contribution in [0.15, 0.2) is 24.3 Å². The largest absolute Gasteiger partial charge is 0.336 e. The fraction of sp³-hybridized carbons (Fsp3) is 0.682. The zero-order valence-electron chi connectivity index (χ0n) is 14.4. The smallest absolute Gasteiger partial charge is 0.226 e. The van der Waals surface area contributed by atoms with Crippen LogP contribution in [0.5, 0.6) is 0 Å². The number of nitrogens with zero attached hydrogens (tertiary/aromatic N) is 1. The second-order valence-electron chi connectivity index (χ2n) is 9.54. The van der Waals surface area contributed by atoms with Crippen molar-refractivity contribution in [3.8, 4) is 0 Å². The van der Waals surface area contributed by atoms with Crippen molar-refractivity contribution in [3.63, 3.8) is 0 Å². The van der Waals surface area contributed by atoms with Crippen molar-refractivity contribution < 1.29 is 4.79 Å². The van der Waals surface area contributed by atoms with Crippen molar-refractivity contribution in [2.75, 3.05) is 6.54 Å². The number of aryl methyl sites for hydroxylation is 1. The van der Waals surface area contributed by atoms with Gasteiger partial charge in [-0.1, -0.05) is 24.3 Å². The lowest BCUT2D eigenvalue weighted by molar-refractivity contribution is -0.147. The second kappa shape index (κ2) is 4.65. The lowest BCUT2D eigenvalue weighted by Crippen LogP contribution is -2.60. The number of hydrogen-bond donors (Lipinski definition) is 0. The number of carbonyl (C=O) groups excluding carboxylic acids is 1. The van der Waals surface area contributed by atoms with E-state index in [0.717, 1.165) is 37.1 Å². The fourth-order valence-electron chi connectivity index (χ4n) is 7.68. The Morgan fingerprint density at radius 3 is 2.29 bits per heavy atom. The predicted octanol–water partition coefficient (Wildman–Crippen LogP) is 4.14. The molecule has 1 aromatic rings. The van der Waals surface area contributed by atoms with Gasteiger partial charge in [0.15, 0.2) is 0 Å². The maximum atomic E-state index is 13.4. The summed E-state index contributed by atoms with van der Waals surface area (Å²) >= 11 is 0. The Hall–Kier alpha value is -1.31. The third-order valence-electron chi connectivity index (χ3n) is 8.21. The van der Waals surface area contributed by atoms with Gasteiger partial charge >= 0.3 is 0 Å². The topological polar surface area (TPSA) is 20.3 Å². The van der Waals surface area contributed by atoms with Crippen molar-refractivity contribution in [2.24, 2.45) is 23.7 Å². The van der Waals surface area contributed by atoms with E-state index in [1.54, 1.807) is 0 Å². The molecule has 0 aromatic heterocycles. The van der Waals surface area contributed by atoms with Crippen LogP contribution >= 0.6 is 0 Å². The number of fused-ring (bicyclic) bond motifs is 3. The minimum Gasteiger partial charge on any atom is -0.336 e. The highest BCUT2D eigenvalue weighted by atomic mass is 16.2. The highest BCUT2D eigenvalue weighted by Crippen LogP contribution is 2.59. The van der Waals surface area contributed by atoms with E-state index in [2.05, 4.69) is 29.2 Å². The van der Waals surface area contributed by atoms with Gasteiger partial charge in [-0.15, -0.1) is 0 Å². The van der Waals surface area contributed by atoms with Crippen LogP contribution in [0.2, 0.25) is 0 Å². The minimum absolute atomic E-state index is 0.248. The summed E-state index contributed by atoms with van der Waals surface area (Å²) in [4.78, 5) is 15.8. The van der Waals surface area contributed by atoms with Crippen molar-refractivity contribution in [1.29, 1.82) is 0 Å². The lowest BCUT2D eigenvalue weighted by atomic mass is 9.52. The molecule has 2 atom stereocenters. The summed E-state index contributed by atoms with van der Waals surface area (Å²) < 4.78 is 0. The number of benzene rings is 1. The van der Waals surface area contributed by atoms with Gasteiger partial charge in [-0.3, -0.25) is 4.79 Å². The van der Waals surface area contributed by atoms with E-state index in [1.807, 2.05) is 0 Å². The molecule has 1 aliphatic heterocycles. The van der Waals surface area contributed by atoms with Gasteiger partial charge in [-0.25, -0.2) is 0 Å². The van der Waals surface area contributed by atoms with Crippen LogP contribution in [0, 0.1) is 23.7 Å². The molecule has 4 saturated carbocycles.